The fraction of sp³-hybridized carbons (Fsp3) is 0.250. The van der Waals surface area contributed by atoms with Crippen molar-refractivity contribution in [3.63, 3.8) is 0 Å². The highest BCUT2D eigenvalue weighted by Gasteiger charge is 2.10. The smallest absolute Gasteiger partial charge is 0.137 e. The summed E-state index contributed by atoms with van der Waals surface area (Å²) in [7, 11) is 0. The molecule has 1 unspecified atom stereocenters. The number of nitrogens with two attached hydrogens (primary N) is 1. The molecular formula is C12H14N2OS. The summed E-state index contributed by atoms with van der Waals surface area (Å²) in [5.74, 6) is 0.769. The zero-order valence-corrected chi connectivity index (χ0v) is 9.91. The van der Waals surface area contributed by atoms with Crippen LogP contribution in [0.2, 0.25) is 0 Å². The minimum atomic E-state index is -0.126. The Balaban J connectivity index is 2.23. The molecule has 3 nitrogen and oxygen atoms in total. The Hall–Kier alpha value is -1.39. The van der Waals surface area contributed by atoms with Gasteiger partial charge < -0.3 is 10.5 Å². The Morgan fingerprint density at radius 2 is 2.31 bits per heavy atom. The SMILES string of the molecule is CCOc1cncc(C(N)c2ccsc2)c1. The average Bonchev–Trinajstić information content (AvgIpc) is 2.82. The van der Waals surface area contributed by atoms with Crippen LogP contribution >= 0.6 is 11.3 Å². The van der Waals surface area contributed by atoms with Gasteiger partial charge in [0.2, 0.25) is 0 Å². The summed E-state index contributed by atoms with van der Waals surface area (Å²) in [6.45, 7) is 2.59. The van der Waals surface area contributed by atoms with E-state index in [4.69, 9.17) is 10.5 Å². The van der Waals surface area contributed by atoms with Gasteiger partial charge in [0.15, 0.2) is 0 Å². The molecule has 0 amide bonds. The number of nitrogens with zero attached hydrogens (tertiary/aromatic N) is 1. The molecule has 0 aromatic carbocycles. The molecule has 0 saturated heterocycles. The van der Waals surface area contributed by atoms with Gasteiger partial charge in [0.05, 0.1) is 18.8 Å². The van der Waals surface area contributed by atoms with Gasteiger partial charge in [-0.2, -0.15) is 11.3 Å². The molecule has 0 aliphatic rings. The van der Waals surface area contributed by atoms with Crippen molar-refractivity contribution >= 4 is 11.3 Å². The Morgan fingerprint density at radius 1 is 1.44 bits per heavy atom. The molecule has 84 valence electrons. The van der Waals surface area contributed by atoms with Crippen molar-refractivity contribution < 1.29 is 4.74 Å². The van der Waals surface area contributed by atoms with Crippen molar-refractivity contribution in [2.75, 3.05) is 6.61 Å². The summed E-state index contributed by atoms with van der Waals surface area (Å²) in [5.41, 5.74) is 8.22. The molecule has 2 rings (SSSR count). The molecule has 0 aliphatic heterocycles. The quantitative estimate of drug-likeness (QED) is 0.884. The van der Waals surface area contributed by atoms with E-state index in [1.807, 2.05) is 24.4 Å². The number of hydrogen-bond acceptors (Lipinski definition) is 4. The first-order valence-electron chi connectivity index (χ1n) is 5.16. The van der Waals surface area contributed by atoms with Crippen LogP contribution in [0.5, 0.6) is 5.75 Å². The molecule has 0 radical (unpaired) electrons. The molecule has 0 spiro atoms. The lowest BCUT2D eigenvalue weighted by Crippen LogP contribution is -2.11. The van der Waals surface area contributed by atoms with E-state index in [9.17, 15) is 0 Å². The first kappa shape index (κ1) is 11.1. The van der Waals surface area contributed by atoms with E-state index in [2.05, 4.69) is 10.4 Å². The van der Waals surface area contributed by atoms with Crippen LogP contribution in [0.25, 0.3) is 0 Å². The summed E-state index contributed by atoms with van der Waals surface area (Å²) in [5, 5.41) is 4.08. The molecule has 0 saturated carbocycles. The van der Waals surface area contributed by atoms with Gasteiger partial charge in [0.25, 0.3) is 0 Å². The number of pyridine rings is 1. The normalized spacial score (nSPS) is 12.4. The third kappa shape index (κ3) is 2.40. The van der Waals surface area contributed by atoms with Crippen molar-refractivity contribution in [1.29, 1.82) is 0 Å². The second kappa shape index (κ2) is 5.09. The first-order chi connectivity index (χ1) is 7.81. The van der Waals surface area contributed by atoms with Crippen LogP contribution in [0.3, 0.4) is 0 Å². The zero-order chi connectivity index (χ0) is 11.4. The number of ether oxygens (including phenoxy) is 1. The third-order valence-electron chi connectivity index (χ3n) is 2.31. The minimum Gasteiger partial charge on any atom is -0.492 e. The van der Waals surface area contributed by atoms with Crippen LogP contribution in [0, 0.1) is 0 Å². The van der Waals surface area contributed by atoms with Gasteiger partial charge in [-0.3, -0.25) is 4.98 Å². The van der Waals surface area contributed by atoms with Gasteiger partial charge in [0, 0.05) is 6.20 Å². The predicted molar refractivity (Wildman–Crippen MR) is 65.8 cm³/mol. The Labute approximate surface area is 98.9 Å². The molecule has 0 fully saturated rings. The van der Waals surface area contributed by atoms with Crippen LogP contribution in [-0.4, -0.2) is 11.6 Å². The molecule has 4 heteroatoms. The standard InChI is InChI=1S/C12H14N2OS/c1-2-15-11-5-10(6-14-7-11)12(13)9-3-4-16-8-9/h3-8,12H,2,13H2,1H3. The van der Waals surface area contributed by atoms with E-state index in [0.29, 0.717) is 6.61 Å². The molecule has 1 atom stereocenters. The van der Waals surface area contributed by atoms with Crippen LogP contribution in [-0.2, 0) is 0 Å². The summed E-state index contributed by atoms with van der Waals surface area (Å²) < 4.78 is 5.40. The van der Waals surface area contributed by atoms with Gasteiger partial charge >= 0.3 is 0 Å². The average molecular weight is 234 g/mol. The molecule has 16 heavy (non-hydrogen) atoms. The summed E-state index contributed by atoms with van der Waals surface area (Å²) in [4.78, 5) is 4.13. The molecule has 2 aromatic heterocycles. The minimum absolute atomic E-state index is 0.126. The van der Waals surface area contributed by atoms with E-state index in [-0.39, 0.29) is 6.04 Å². The van der Waals surface area contributed by atoms with Gasteiger partial charge in [-0.15, -0.1) is 0 Å². The van der Waals surface area contributed by atoms with Crippen LogP contribution in [0.15, 0.2) is 35.3 Å². The van der Waals surface area contributed by atoms with E-state index in [0.717, 1.165) is 16.9 Å². The van der Waals surface area contributed by atoms with E-state index in [1.165, 1.54) is 0 Å². The van der Waals surface area contributed by atoms with Crippen molar-refractivity contribution in [3.8, 4) is 5.75 Å². The Morgan fingerprint density at radius 3 is 3.00 bits per heavy atom. The zero-order valence-electron chi connectivity index (χ0n) is 9.09. The Bertz CT molecular complexity index is 442. The lowest BCUT2D eigenvalue weighted by molar-refractivity contribution is 0.338. The maximum absolute atomic E-state index is 6.14. The van der Waals surface area contributed by atoms with Gasteiger partial charge in [-0.1, -0.05) is 0 Å². The predicted octanol–water partition coefficient (Wildman–Crippen LogP) is 2.59. The second-order valence-corrected chi connectivity index (χ2v) is 4.20. The number of rotatable bonds is 4. The van der Waals surface area contributed by atoms with Crippen molar-refractivity contribution in [2.24, 2.45) is 5.73 Å². The van der Waals surface area contributed by atoms with Crippen molar-refractivity contribution in [1.82, 2.24) is 4.98 Å². The fourth-order valence-corrected chi connectivity index (χ4v) is 2.19. The number of aromatic nitrogens is 1. The Kier molecular flexibility index (Phi) is 3.54. The molecule has 2 N–H and O–H groups in total. The summed E-state index contributed by atoms with van der Waals surface area (Å²) in [6.07, 6.45) is 3.48. The summed E-state index contributed by atoms with van der Waals surface area (Å²) >= 11 is 1.65. The molecule has 2 aromatic rings. The van der Waals surface area contributed by atoms with Crippen LogP contribution in [0.4, 0.5) is 0 Å². The van der Waals surface area contributed by atoms with Gasteiger partial charge in [0.1, 0.15) is 5.75 Å². The number of hydrogen-bond donors (Lipinski definition) is 1. The summed E-state index contributed by atoms with van der Waals surface area (Å²) in [6, 6.07) is 3.85. The van der Waals surface area contributed by atoms with E-state index in [1.54, 1.807) is 23.7 Å². The maximum Gasteiger partial charge on any atom is 0.137 e. The lowest BCUT2D eigenvalue weighted by Gasteiger charge is -2.11. The largest absolute Gasteiger partial charge is 0.492 e. The van der Waals surface area contributed by atoms with Gasteiger partial charge in [-0.25, -0.2) is 0 Å². The maximum atomic E-state index is 6.14. The highest BCUT2D eigenvalue weighted by atomic mass is 32.1. The third-order valence-corrected chi connectivity index (χ3v) is 3.01. The highest BCUT2D eigenvalue weighted by Crippen LogP contribution is 2.23. The fourth-order valence-electron chi connectivity index (χ4n) is 1.50. The number of thiophene rings is 1. The molecule has 0 aliphatic carbocycles. The molecule has 2 heterocycles. The second-order valence-electron chi connectivity index (χ2n) is 3.42. The molecular weight excluding hydrogens is 220 g/mol. The molecule has 0 bridgehead atoms. The van der Waals surface area contributed by atoms with E-state index < -0.39 is 0 Å². The first-order valence-corrected chi connectivity index (χ1v) is 6.11. The topological polar surface area (TPSA) is 48.1 Å². The van der Waals surface area contributed by atoms with Crippen molar-refractivity contribution in [3.05, 3.63) is 46.4 Å². The van der Waals surface area contributed by atoms with Gasteiger partial charge in [-0.05, 0) is 40.9 Å². The van der Waals surface area contributed by atoms with Crippen LogP contribution < -0.4 is 10.5 Å². The van der Waals surface area contributed by atoms with Crippen LogP contribution in [0.1, 0.15) is 24.1 Å². The lowest BCUT2D eigenvalue weighted by atomic mass is 10.0. The van der Waals surface area contributed by atoms with E-state index >= 15 is 0 Å². The monoisotopic (exact) mass is 234 g/mol. The highest BCUT2D eigenvalue weighted by molar-refractivity contribution is 7.08. The van der Waals surface area contributed by atoms with Crippen molar-refractivity contribution in [2.45, 2.75) is 13.0 Å².